The van der Waals surface area contributed by atoms with E-state index >= 15 is 0 Å². The van der Waals surface area contributed by atoms with Crippen LogP contribution >= 0.6 is 0 Å². The van der Waals surface area contributed by atoms with Crippen molar-refractivity contribution in [2.75, 3.05) is 0 Å². The highest BCUT2D eigenvalue weighted by atomic mass is 16.3. The Labute approximate surface area is 309 Å². The number of para-hydroxylation sites is 2. The van der Waals surface area contributed by atoms with Crippen LogP contribution in [0.15, 0.2) is 185 Å². The number of hydrogen-bond acceptors (Lipinski definition) is 5. The molecular formula is C49H29N3O2. The average Bonchev–Trinajstić information content (AvgIpc) is 3.83. The Kier molecular flexibility index (Phi) is 6.79. The highest BCUT2D eigenvalue weighted by Gasteiger charge is 2.22. The van der Waals surface area contributed by atoms with E-state index in [1.165, 1.54) is 0 Å². The van der Waals surface area contributed by atoms with E-state index in [0.29, 0.717) is 5.82 Å². The van der Waals surface area contributed by atoms with Gasteiger partial charge in [0.25, 0.3) is 0 Å². The number of fused-ring (bicyclic) bond motifs is 7. The van der Waals surface area contributed by atoms with Gasteiger partial charge in [-0.2, -0.15) is 0 Å². The van der Waals surface area contributed by atoms with Crippen LogP contribution in [0.5, 0.6) is 0 Å². The van der Waals surface area contributed by atoms with E-state index in [2.05, 4.69) is 108 Å². The SMILES string of the molecule is c1ccc(-c2cc(-c3ccc(-c4cccc5oc6ccccc6c45)c4oc5ccccc5c34)nc(-c3ccc(-c4cccc5ncccc45)cc3)n2)cc1. The number of rotatable bonds is 5. The molecule has 0 aliphatic heterocycles. The number of benzene rings is 7. The normalized spacial score (nSPS) is 11.7. The Bertz CT molecular complexity index is 3210. The first-order chi connectivity index (χ1) is 26.8. The summed E-state index contributed by atoms with van der Waals surface area (Å²) in [4.78, 5) is 15.0. The third-order valence-electron chi connectivity index (χ3n) is 10.4. The quantitative estimate of drug-likeness (QED) is 0.180. The van der Waals surface area contributed by atoms with E-state index in [-0.39, 0.29) is 0 Å². The van der Waals surface area contributed by atoms with Crippen LogP contribution in [0.4, 0.5) is 0 Å². The topological polar surface area (TPSA) is 65.0 Å². The Morgan fingerprint density at radius 3 is 1.87 bits per heavy atom. The fraction of sp³-hybridized carbons (Fsp3) is 0. The van der Waals surface area contributed by atoms with Crippen molar-refractivity contribution < 1.29 is 8.83 Å². The number of nitrogens with zero attached hydrogens (tertiary/aromatic N) is 3. The van der Waals surface area contributed by atoms with Gasteiger partial charge in [-0.15, -0.1) is 0 Å². The van der Waals surface area contributed by atoms with Gasteiger partial charge in [-0.05, 0) is 59.2 Å². The minimum atomic E-state index is 0.650. The zero-order valence-electron chi connectivity index (χ0n) is 28.9. The second-order valence-corrected chi connectivity index (χ2v) is 13.5. The lowest BCUT2D eigenvalue weighted by Gasteiger charge is -2.12. The molecule has 54 heavy (non-hydrogen) atoms. The zero-order valence-corrected chi connectivity index (χ0v) is 28.9. The molecule has 0 radical (unpaired) electrons. The summed E-state index contributed by atoms with van der Waals surface area (Å²) in [6.45, 7) is 0. The fourth-order valence-corrected chi connectivity index (χ4v) is 7.88. The molecule has 11 rings (SSSR count). The minimum absolute atomic E-state index is 0.650. The van der Waals surface area contributed by atoms with Crippen LogP contribution in [-0.4, -0.2) is 15.0 Å². The lowest BCUT2D eigenvalue weighted by Crippen LogP contribution is -1.96. The second kappa shape index (κ2) is 12.1. The van der Waals surface area contributed by atoms with Gasteiger partial charge in [0.05, 0.1) is 16.9 Å². The van der Waals surface area contributed by atoms with Crippen molar-refractivity contribution in [2.45, 2.75) is 0 Å². The van der Waals surface area contributed by atoms with Crippen LogP contribution < -0.4 is 0 Å². The molecule has 0 aliphatic carbocycles. The molecule has 7 aromatic carbocycles. The van der Waals surface area contributed by atoms with Gasteiger partial charge in [0.15, 0.2) is 5.82 Å². The van der Waals surface area contributed by atoms with Gasteiger partial charge in [-0.25, -0.2) is 9.97 Å². The molecule has 0 unspecified atom stereocenters. The Balaban J connectivity index is 1.12. The van der Waals surface area contributed by atoms with Gasteiger partial charge >= 0.3 is 0 Å². The number of aromatic nitrogens is 3. The van der Waals surface area contributed by atoms with Gasteiger partial charge in [0.1, 0.15) is 22.3 Å². The lowest BCUT2D eigenvalue weighted by molar-refractivity contribution is 0.668. The van der Waals surface area contributed by atoms with Crippen molar-refractivity contribution in [3.05, 3.63) is 176 Å². The van der Waals surface area contributed by atoms with Gasteiger partial charge in [0.2, 0.25) is 0 Å². The molecule has 4 aromatic heterocycles. The Morgan fingerprint density at radius 1 is 0.370 bits per heavy atom. The smallest absolute Gasteiger partial charge is 0.160 e. The van der Waals surface area contributed by atoms with Gasteiger partial charge in [0, 0.05) is 55.4 Å². The third kappa shape index (κ3) is 4.83. The first-order valence-corrected chi connectivity index (χ1v) is 18.0. The van der Waals surface area contributed by atoms with Gasteiger partial charge in [-0.3, -0.25) is 4.98 Å². The predicted molar refractivity (Wildman–Crippen MR) is 219 cm³/mol. The molecule has 0 spiro atoms. The largest absolute Gasteiger partial charge is 0.456 e. The maximum Gasteiger partial charge on any atom is 0.160 e. The standard InChI is InChI=1S/C49H29N3O2/c1-2-11-31(12-3-1)41-29-42(52-49(51-41)32-24-22-30(23-25-32)33-15-8-18-40-34(33)17-10-28-50-40)37-27-26-36(48-47(37)39-14-5-7-20-44(39)54-48)35-16-9-21-45-46(35)38-13-4-6-19-43(38)53-45/h1-29H. The molecule has 0 aliphatic rings. The summed E-state index contributed by atoms with van der Waals surface area (Å²) in [7, 11) is 0. The van der Waals surface area contributed by atoms with Crippen LogP contribution in [0.25, 0.3) is 111 Å². The van der Waals surface area contributed by atoms with E-state index in [0.717, 1.165) is 105 Å². The third-order valence-corrected chi connectivity index (χ3v) is 10.4. The van der Waals surface area contributed by atoms with Crippen molar-refractivity contribution in [3.8, 4) is 56.2 Å². The molecule has 11 aromatic rings. The van der Waals surface area contributed by atoms with E-state index < -0.39 is 0 Å². The first-order valence-electron chi connectivity index (χ1n) is 18.0. The molecule has 4 heterocycles. The highest BCUT2D eigenvalue weighted by molar-refractivity contribution is 6.20. The number of furan rings is 2. The summed E-state index contributed by atoms with van der Waals surface area (Å²) in [5.41, 5.74) is 13.2. The Morgan fingerprint density at radius 2 is 1.02 bits per heavy atom. The molecule has 0 N–H and O–H groups in total. The summed E-state index contributed by atoms with van der Waals surface area (Å²) in [5.74, 6) is 0.650. The number of pyridine rings is 1. The van der Waals surface area contributed by atoms with Crippen LogP contribution in [0, 0.1) is 0 Å². The monoisotopic (exact) mass is 691 g/mol. The maximum absolute atomic E-state index is 6.77. The molecule has 252 valence electrons. The van der Waals surface area contributed by atoms with Crippen LogP contribution in [0.3, 0.4) is 0 Å². The maximum atomic E-state index is 6.77. The summed E-state index contributed by atoms with van der Waals surface area (Å²) in [5, 5.41) is 5.31. The summed E-state index contributed by atoms with van der Waals surface area (Å²) >= 11 is 0. The average molecular weight is 692 g/mol. The second-order valence-electron chi connectivity index (χ2n) is 13.5. The first kappa shape index (κ1) is 30.3. The molecule has 5 heteroatoms. The predicted octanol–water partition coefficient (Wildman–Crippen LogP) is 13.2. The van der Waals surface area contributed by atoms with Crippen LogP contribution in [0.2, 0.25) is 0 Å². The van der Waals surface area contributed by atoms with Crippen molar-refractivity contribution in [1.82, 2.24) is 15.0 Å². The zero-order chi connectivity index (χ0) is 35.6. The fourth-order valence-electron chi connectivity index (χ4n) is 7.88. The van der Waals surface area contributed by atoms with Gasteiger partial charge in [-0.1, -0.05) is 127 Å². The van der Waals surface area contributed by atoms with E-state index in [4.69, 9.17) is 18.8 Å². The molecule has 0 bridgehead atoms. The summed E-state index contributed by atoms with van der Waals surface area (Å²) in [6, 6.07) is 58.3. The molecule has 0 fully saturated rings. The molecule has 0 saturated heterocycles. The molecule has 5 nitrogen and oxygen atoms in total. The molecule has 0 saturated carbocycles. The van der Waals surface area contributed by atoms with Crippen LogP contribution in [0.1, 0.15) is 0 Å². The van der Waals surface area contributed by atoms with E-state index in [9.17, 15) is 0 Å². The van der Waals surface area contributed by atoms with Gasteiger partial charge < -0.3 is 8.83 Å². The summed E-state index contributed by atoms with van der Waals surface area (Å²) in [6.07, 6.45) is 1.83. The van der Waals surface area contributed by atoms with E-state index in [1.54, 1.807) is 0 Å². The highest BCUT2D eigenvalue weighted by Crippen LogP contribution is 2.45. The minimum Gasteiger partial charge on any atom is -0.456 e. The van der Waals surface area contributed by atoms with Crippen molar-refractivity contribution in [1.29, 1.82) is 0 Å². The molecular weight excluding hydrogens is 663 g/mol. The molecule has 0 atom stereocenters. The summed E-state index contributed by atoms with van der Waals surface area (Å²) < 4.78 is 13.1. The van der Waals surface area contributed by atoms with Crippen molar-refractivity contribution in [3.63, 3.8) is 0 Å². The number of hydrogen-bond donors (Lipinski definition) is 0. The van der Waals surface area contributed by atoms with Crippen LogP contribution in [-0.2, 0) is 0 Å². The van der Waals surface area contributed by atoms with E-state index in [1.807, 2.05) is 72.9 Å². The Hall–Kier alpha value is -7.37. The van der Waals surface area contributed by atoms with Crippen molar-refractivity contribution >= 4 is 54.8 Å². The molecule has 0 amide bonds. The van der Waals surface area contributed by atoms with Crippen molar-refractivity contribution in [2.24, 2.45) is 0 Å². The lowest BCUT2D eigenvalue weighted by atomic mass is 9.94.